The van der Waals surface area contributed by atoms with Gasteiger partial charge in [0.2, 0.25) is 0 Å². The first-order valence-electron chi connectivity index (χ1n) is 32.6. The molecule has 15 rings (SSSR count). The quantitative estimate of drug-likeness (QED) is 0.160. The molecule has 10 aromatic rings. The third-order valence-corrected chi connectivity index (χ3v) is 22.1. The number of rotatable bonds is 5. The van der Waals surface area contributed by atoms with Gasteiger partial charge in [-0.15, -0.1) is 0 Å². The monoisotopic (exact) mass is 1150 g/mol. The van der Waals surface area contributed by atoms with Crippen LogP contribution in [0.3, 0.4) is 0 Å². The SMILES string of the molecule is Cc1cc2c(cc1N1c3cc4c(cc3B3c5cc6c(cc5N(c5cccc7oc8ccccc8c57)c5cc(N(c7ccc(C(C)(C)C)cc7)c7ccc(C(C)(C)C)cc7)cc1c53)C(C)(C)c1ccccc1C6(C)C)C(C)(C)CC4(C)C)C(C)(C)CC2(C)C. The summed E-state index contributed by atoms with van der Waals surface area (Å²) in [6.07, 6.45) is 2.17. The molecule has 0 spiro atoms. The van der Waals surface area contributed by atoms with E-state index in [1.165, 1.54) is 106 Å². The summed E-state index contributed by atoms with van der Waals surface area (Å²) in [4.78, 5) is 8.00. The van der Waals surface area contributed by atoms with E-state index in [0.717, 1.165) is 57.5 Å². The lowest BCUT2D eigenvalue weighted by atomic mass is 9.32. The van der Waals surface area contributed by atoms with Crippen molar-refractivity contribution in [3.8, 4) is 0 Å². The molecule has 0 saturated heterocycles. The Balaban J connectivity index is 1.14. The van der Waals surface area contributed by atoms with Gasteiger partial charge in [-0.05, 0) is 203 Å². The second-order valence-electron chi connectivity index (χ2n) is 33.0. The number of anilines is 9. The number of furan rings is 1. The zero-order valence-corrected chi connectivity index (χ0v) is 55.8. The fraction of sp³-hybridized carbons (Fsp3) is 0.349. The summed E-state index contributed by atoms with van der Waals surface area (Å²) >= 11 is 0. The molecule has 0 amide bonds. The van der Waals surface area contributed by atoms with Crippen LogP contribution in [0, 0.1) is 6.92 Å². The van der Waals surface area contributed by atoms with Crippen molar-refractivity contribution < 1.29 is 4.42 Å². The van der Waals surface area contributed by atoms with Crippen molar-refractivity contribution in [1.82, 2.24) is 0 Å². The van der Waals surface area contributed by atoms with E-state index in [4.69, 9.17) is 4.42 Å². The van der Waals surface area contributed by atoms with Crippen molar-refractivity contribution in [2.45, 2.75) is 188 Å². The lowest BCUT2D eigenvalue weighted by Gasteiger charge is -2.48. The zero-order chi connectivity index (χ0) is 62.1. The van der Waals surface area contributed by atoms with E-state index in [2.05, 4.69) is 310 Å². The molecule has 4 nitrogen and oxygen atoms in total. The summed E-state index contributed by atoms with van der Waals surface area (Å²) in [6.45, 7) is 45.9. The summed E-state index contributed by atoms with van der Waals surface area (Å²) in [5, 5.41) is 2.23. The van der Waals surface area contributed by atoms with Crippen LogP contribution in [0.25, 0.3) is 21.9 Å². The first-order valence-corrected chi connectivity index (χ1v) is 32.6. The number of hydrogen-bond acceptors (Lipinski definition) is 4. The summed E-state index contributed by atoms with van der Waals surface area (Å²) in [5.41, 5.74) is 31.0. The maximum absolute atomic E-state index is 6.91. The van der Waals surface area contributed by atoms with Gasteiger partial charge in [0.25, 0.3) is 6.71 Å². The minimum absolute atomic E-state index is 0.0186. The second-order valence-corrected chi connectivity index (χ2v) is 33.0. The molecule has 5 aliphatic rings. The molecule has 0 N–H and O–H groups in total. The Morgan fingerprint density at radius 1 is 0.386 bits per heavy atom. The summed E-state index contributed by atoms with van der Waals surface area (Å²) in [5.74, 6) is 0. The number of benzene rings is 9. The van der Waals surface area contributed by atoms with Crippen molar-refractivity contribution in [2.24, 2.45) is 0 Å². The van der Waals surface area contributed by atoms with E-state index in [1.54, 1.807) is 0 Å². The molecule has 9 aromatic carbocycles. The smallest absolute Gasteiger partial charge is 0.252 e. The van der Waals surface area contributed by atoms with Crippen LogP contribution in [0.5, 0.6) is 0 Å². The third kappa shape index (κ3) is 8.09. The average molecular weight is 1150 g/mol. The van der Waals surface area contributed by atoms with Crippen molar-refractivity contribution >= 4 is 96.2 Å². The van der Waals surface area contributed by atoms with Gasteiger partial charge in [-0.3, -0.25) is 0 Å². The fourth-order valence-electron chi connectivity index (χ4n) is 18.0. The van der Waals surface area contributed by atoms with Gasteiger partial charge in [0.05, 0.1) is 16.8 Å². The van der Waals surface area contributed by atoms with Gasteiger partial charge in [0.1, 0.15) is 11.2 Å². The van der Waals surface area contributed by atoms with Gasteiger partial charge in [-0.1, -0.05) is 216 Å². The van der Waals surface area contributed by atoms with Crippen molar-refractivity contribution in [3.63, 3.8) is 0 Å². The van der Waals surface area contributed by atoms with Crippen LogP contribution in [0.15, 0.2) is 168 Å². The Morgan fingerprint density at radius 3 is 1.33 bits per heavy atom. The number of para-hydroxylation sites is 1. The van der Waals surface area contributed by atoms with Gasteiger partial charge in [-0.2, -0.15) is 0 Å². The van der Waals surface area contributed by atoms with Crippen LogP contribution in [-0.4, -0.2) is 6.71 Å². The standard InChI is InChI=1S/C83H88BN3O/c1-49-39-58-60(80(12,13)47-78(58,8)9)44-67(49)87-68-45-61-59(79(10,11)48-81(61,14)15)42-64(68)84-65-43-62-63(83(18,19)57-27-22-21-26-56(57)82(62,16)17)46-69(65)86(66-28-24-30-73-74(66)55-25-20-23-29-72(55)88-73)70-40-54(41-71(87)75(70)84)85(52-35-31-50(32-36-52)76(2,3)4)53-37-33-51(34-38-53)77(5,6)7/h20-46H,47-48H2,1-19H3. The average Bonchev–Trinajstić information content (AvgIpc) is 0.745. The highest BCUT2D eigenvalue weighted by molar-refractivity contribution is 7.00. The summed E-state index contributed by atoms with van der Waals surface area (Å²) in [6, 6.07) is 64.6. The van der Waals surface area contributed by atoms with E-state index < -0.39 is 0 Å². The van der Waals surface area contributed by atoms with Gasteiger partial charge in [0.15, 0.2) is 0 Å². The van der Waals surface area contributed by atoms with Gasteiger partial charge >= 0.3 is 0 Å². The zero-order valence-electron chi connectivity index (χ0n) is 55.8. The van der Waals surface area contributed by atoms with Crippen molar-refractivity contribution in [1.29, 1.82) is 0 Å². The molecular formula is C83H88BN3O. The number of fused-ring (bicyclic) bond motifs is 11. The minimum atomic E-state index is -0.301. The predicted octanol–water partition coefficient (Wildman–Crippen LogP) is 20.9. The molecule has 0 fully saturated rings. The first kappa shape index (κ1) is 56.7. The second kappa shape index (κ2) is 18.2. The molecule has 88 heavy (non-hydrogen) atoms. The van der Waals surface area contributed by atoms with E-state index >= 15 is 0 Å². The highest BCUT2D eigenvalue weighted by atomic mass is 16.3. The molecule has 0 unspecified atom stereocenters. The summed E-state index contributed by atoms with van der Waals surface area (Å²) in [7, 11) is 0. The van der Waals surface area contributed by atoms with E-state index in [0.29, 0.717) is 0 Å². The Morgan fingerprint density at radius 2 is 0.807 bits per heavy atom. The Bertz CT molecular complexity index is 4550. The predicted molar refractivity (Wildman–Crippen MR) is 377 cm³/mol. The van der Waals surface area contributed by atoms with E-state index in [1.807, 2.05) is 0 Å². The van der Waals surface area contributed by atoms with Crippen LogP contribution in [-0.2, 0) is 43.3 Å². The molecule has 5 heteroatoms. The molecule has 2 aliphatic heterocycles. The normalized spacial score (nSPS) is 18.3. The molecule has 3 aliphatic carbocycles. The van der Waals surface area contributed by atoms with Gasteiger partial charge in [0, 0.05) is 56.0 Å². The number of nitrogens with zero attached hydrogens (tertiary/aromatic N) is 3. The van der Waals surface area contributed by atoms with Crippen LogP contribution >= 0.6 is 0 Å². The molecule has 1 aromatic heterocycles. The molecule has 0 bridgehead atoms. The fourth-order valence-corrected chi connectivity index (χ4v) is 18.0. The van der Waals surface area contributed by atoms with Crippen LogP contribution in [0.2, 0.25) is 0 Å². The van der Waals surface area contributed by atoms with Crippen LogP contribution < -0.4 is 31.1 Å². The van der Waals surface area contributed by atoms with Crippen molar-refractivity contribution in [2.75, 3.05) is 14.7 Å². The van der Waals surface area contributed by atoms with Gasteiger partial charge < -0.3 is 19.1 Å². The minimum Gasteiger partial charge on any atom is -0.456 e. The maximum Gasteiger partial charge on any atom is 0.252 e. The lowest BCUT2D eigenvalue weighted by Crippen LogP contribution is -2.62. The van der Waals surface area contributed by atoms with Gasteiger partial charge in [-0.25, -0.2) is 0 Å². The molecule has 0 radical (unpaired) electrons. The highest BCUT2D eigenvalue weighted by Gasteiger charge is 2.52. The van der Waals surface area contributed by atoms with Crippen LogP contribution in [0.4, 0.5) is 51.2 Å². The molecular weight excluding hydrogens is 1070 g/mol. The van der Waals surface area contributed by atoms with E-state index in [9.17, 15) is 0 Å². The number of aryl methyl sites for hydroxylation is 1. The Hall–Kier alpha value is -7.76. The number of hydrogen-bond donors (Lipinski definition) is 0. The third-order valence-electron chi connectivity index (χ3n) is 22.1. The Labute approximate surface area is 525 Å². The molecule has 0 saturated carbocycles. The first-order chi connectivity index (χ1) is 41.3. The summed E-state index contributed by atoms with van der Waals surface area (Å²) < 4.78 is 6.91. The highest BCUT2D eigenvalue weighted by Crippen LogP contribution is 2.59. The maximum atomic E-state index is 6.91. The molecule has 3 heterocycles. The topological polar surface area (TPSA) is 22.9 Å². The lowest BCUT2D eigenvalue weighted by molar-refractivity contribution is 0.403. The Kier molecular flexibility index (Phi) is 11.7. The van der Waals surface area contributed by atoms with Crippen molar-refractivity contribution in [3.05, 3.63) is 225 Å². The van der Waals surface area contributed by atoms with E-state index in [-0.39, 0.29) is 50.0 Å². The largest absolute Gasteiger partial charge is 0.456 e. The molecule has 0 atom stereocenters. The van der Waals surface area contributed by atoms with Crippen LogP contribution in [0.1, 0.15) is 199 Å². The molecule has 444 valence electrons.